The molecule has 3 aromatic rings. The van der Waals surface area contributed by atoms with Crippen molar-refractivity contribution in [2.75, 3.05) is 17.4 Å². The second-order valence-corrected chi connectivity index (χ2v) is 11.6. The van der Waals surface area contributed by atoms with Crippen molar-refractivity contribution >= 4 is 50.7 Å². The molecule has 0 spiro atoms. The summed E-state index contributed by atoms with van der Waals surface area (Å²) in [5, 5.41) is 3.80. The smallest absolute Gasteiger partial charge is 0.264 e. The number of halogens is 2. The quantitative estimate of drug-likeness (QED) is 0.330. The van der Waals surface area contributed by atoms with Gasteiger partial charge >= 0.3 is 0 Å². The van der Waals surface area contributed by atoms with Gasteiger partial charge in [-0.05, 0) is 73.9 Å². The van der Waals surface area contributed by atoms with Crippen LogP contribution in [0.5, 0.6) is 0 Å². The number of carbonyl (C=O) groups excluding carboxylic acids is 2. The molecular weight excluding hydrogens is 545 g/mol. The van der Waals surface area contributed by atoms with E-state index < -0.39 is 28.5 Å². The molecule has 0 saturated carbocycles. The van der Waals surface area contributed by atoms with E-state index in [0.29, 0.717) is 27.8 Å². The molecule has 202 valence electrons. The number of rotatable bonds is 11. The number of sulfonamides is 1. The lowest BCUT2D eigenvalue weighted by Gasteiger charge is -2.32. The first kappa shape index (κ1) is 29.5. The van der Waals surface area contributed by atoms with Gasteiger partial charge in [-0.15, -0.1) is 0 Å². The van der Waals surface area contributed by atoms with E-state index >= 15 is 0 Å². The summed E-state index contributed by atoms with van der Waals surface area (Å²) in [6.45, 7) is 5.33. The van der Waals surface area contributed by atoms with Crippen LogP contribution in [0.3, 0.4) is 0 Å². The molecule has 38 heavy (non-hydrogen) atoms. The normalized spacial score (nSPS) is 12.0. The van der Waals surface area contributed by atoms with Gasteiger partial charge in [0.15, 0.2) is 0 Å². The van der Waals surface area contributed by atoms with Crippen LogP contribution in [0.25, 0.3) is 0 Å². The predicted molar refractivity (Wildman–Crippen MR) is 152 cm³/mol. The van der Waals surface area contributed by atoms with Crippen LogP contribution in [0, 0.1) is 6.92 Å². The van der Waals surface area contributed by atoms with Gasteiger partial charge in [-0.1, -0.05) is 60.5 Å². The zero-order valence-corrected chi connectivity index (χ0v) is 23.9. The molecule has 1 atom stereocenters. The van der Waals surface area contributed by atoms with Crippen LogP contribution in [-0.2, 0) is 26.2 Å². The van der Waals surface area contributed by atoms with Gasteiger partial charge in [0, 0.05) is 23.1 Å². The summed E-state index contributed by atoms with van der Waals surface area (Å²) in [5.74, 6) is -0.859. The van der Waals surface area contributed by atoms with E-state index in [-0.39, 0.29) is 17.3 Å². The molecule has 1 unspecified atom stereocenters. The first-order chi connectivity index (χ1) is 18.0. The van der Waals surface area contributed by atoms with Crippen LogP contribution >= 0.6 is 23.2 Å². The van der Waals surface area contributed by atoms with Gasteiger partial charge in [0.25, 0.3) is 10.0 Å². The number of aryl methyl sites for hydroxylation is 1. The summed E-state index contributed by atoms with van der Waals surface area (Å²) in [6.07, 6.45) is 0.739. The molecule has 2 amide bonds. The third-order valence-corrected chi connectivity index (χ3v) is 8.28. The van der Waals surface area contributed by atoms with Crippen LogP contribution in [0.4, 0.5) is 5.69 Å². The standard InChI is InChI=1S/C28H31Cl2N3O4S/c1-4-16-31-28(35)21(3)32(18-22-10-12-23(29)13-11-22)27(34)19-33(26-15-14-24(30)17-20(26)2)38(36,37)25-8-6-5-7-9-25/h5-15,17,21H,4,16,18-19H2,1-3H3,(H,31,35). The molecule has 0 aliphatic rings. The number of amides is 2. The second-order valence-electron chi connectivity index (χ2n) is 8.87. The molecule has 0 radical (unpaired) electrons. The van der Waals surface area contributed by atoms with E-state index in [9.17, 15) is 18.0 Å². The van der Waals surface area contributed by atoms with Crippen molar-refractivity contribution in [1.82, 2.24) is 10.2 Å². The summed E-state index contributed by atoms with van der Waals surface area (Å²) < 4.78 is 28.7. The van der Waals surface area contributed by atoms with Gasteiger partial charge < -0.3 is 10.2 Å². The van der Waals surface area contributed by atoms with Crippen molar-refractivity contribution in [2.45, 2.75) is 44.7 Å². The average molecular weight is 577 g/mol. The minimum Gasteiger partial charge on any atom is -0.354 e. The van der Waals surface area contributed by atoms with Crippen molar-refractivity contribution in [3.8, 4) is 0 Å². The SMILES string of the molecule is CCCNC(=O)C(C)N(Cc1ccc(Cl)cc1)C(=O)CN(c1ccc(Cl)cc1C)S(=O)(=O)c1ccccc1. The number of hydrogen-bond donors (Lipinski definition) is 1. The molecule has 0 heterocycles. The minimum absolute atomic E-state index is 0.0418. The van der Waals surface area contributed by atoms with E-state index in [2.05, 4.69) is 5.32 Å². The lowest BCUT2D eigenvalue weighted by atomic mass is 10.1. The van der Waals surface area contributed by atoms with E-state index in [1.165, 1.54) is 17.0 Å². The van der Waals surface area contributed by atoms with E-state index in [1.54, 1.807) is 74.5 Å². The summed E-state index contributed by atoms with van der Waals surface area (Å²) in [7, 11) is -4.13. The van der Waals surface area contributed by atoms with Gasteiger partial charge in [-0.3, -0.25) is 13.9 Å². The fourth-order valence-electron chi connectivity index (χ4n) is 3.90. The van der Waals surface area contributed by atoms with E-state index in [0.717, 1.165) is 16.3 Å². The van der Waals surface area contributed by atoms with Gasteiger partial charge in [-0.25, -0.2) is 8.42 Å². The maximum atomic E-state index is 13.9. The third-order valence-electron chi connectivity index (χ3n) is 6.02. The van der Waals surface area contributed by atoms with Crippen molar-refractivity contribution in [1.29, 1.82) is 0 Å². The second kappa shape index (κ2) is 13.1. The number of nitrogens with one attached hydrogen (secondary N) is 1. The topological polar surface area (TPSA) is 86.8 Å². The Balaban J connectivity index is 2.03. The maximum Gasteiger partial charge on any atom is 0.264 e. The largest absolute Gasteiger partial charge is 0.354 e. The van der Waals surface area contributed by atoms with Crippen molar-refractivity contribution in [3.63, 3.8) is 0 Å². The van der Waals surface area contributed by atoms with Crippen molar-refractivity contribution in [2.24, 2.45) is 0 Å². The summed E-state index contributed by atoms with van der Waals surface area (Å²) in [6, 6.07) is 18.8. The molecule has 0 aliphatic carbocycles. The lowest BCUT2D eigenvalue weighted by Crippen LogP contribution is -2.51. The number of benzene rings is 3. The van der Waals surface area contributed by atoms with Gasteiger partial charge in [0.2, 0.25) is 11.8 Å². The highest BCUT2D eigenvalue weighted by atomic mass is 35.5. The van der Waals surface area contributed by atoms with Crippen LogP contribution in [0.2, 0.25) is 10.0 Å². The van der Waals surface area contributed by atoms with Crippen molar-refractivity contribution in [3.05, 3.63) is 94.0 Å². The Morgan fingerprint density at radius 2 is 1.58 bits per heavy atom. The summed E-state index contributed by atoms with van der Waals surface area (Å²) >= 11 is 12.2. The zero-order valence-electron chi connectivity index (χ0n) is 21.5. The number of nitrogens with zero attached hydrogens (tertiary/aromatic N) is 2. The van der Waals surface area contributed by atoms with Gasteiger partial charge in [0.05, 0.1) is 10.6 Å². The van der Waals surface area contributed by atoms with E-state index in [1.807, 2.05) is 6.92 Å². The Kier molecular flexibility index (Phi) is 10.2. The molecule has 3 aromatic carbocycles. The zero-order chi connectivity index (χ0) is 27.9. The Bertz CT molecular complexity index is 1370. The average Bonchev–Trinajstić information content (AvgIpc) is 2.90. The Morgan fingerprint density at radius 1 is 0.947 bits per heavy atom. The first-order valence-corrected chi connectivity index (χ1v) is 14.4. The molecule has 0 fully saturated rings. The molecule has 0 aliphatic heterocycles. The number of hydrogen-bond acceptors (Lipinski definition) is 4. The Morgan fingerprint density at radius 3 is 2.18 bits per heavy atom. The molecule has 1 N–H and O–H groups in total. The van der Waals surface area contributed by atoms with E-state index in [4.69, 9.17) is 23.2 Å². The highest BCUT2D eigenvalue weighted by Gasteiger charge is 2.33. The van der Waals surface area contributed by atoms with Crippen molar-refractivity contribution < 1.29 is 18.0 Å². The van der Waals surface area contributed by atoms with Gasteiger partial charge in [0.1, 0.15) is 12.6 Å². The third kappa shape index (κ3) is 7.28. The molecule has 3 rings (SSSR count). The number of anilines is 1. The lowest BCUT2D eigenvalue weighted by molar-refractivity contribution is -0.139. The number of carbonyl (C=O) groups is 2. The highest BCUT2D eigenvalue weighted by molar-refractivity contribution is 7.92. The molecule has 7 nitrogen and oxygen atoms in total. The molecule has 10 heteroatoms. The Hall–Kier alpha value is -3.07. The van der Waals surface area contributed by atoms with Crippen LogP contribution < -0.4 is 9.62 Å². The fourth-order valence-corrected chi connectivity index (χ4v) is 5.75. The van der Waals surface area contributed by atoms with Crippen LogP contribution in [0.15, 0.2) is 77.7 Å². The Labute approximate surface area is 234 Å². The fraction of sp³-hybridized carbons (Fsp3) is 0.286. The first-order valence-electron chi connectivity index (χ1n) is 12.2. The summed E-state index contributed by atoms with van der Waals surface area (Å²) in [4.78, 5) is 28.2. The highest BCUT2D eigenvalue weighted by Crippen LogP contribution is 2.29. The monoisotopic (exact) mass is 575 g/mol. The molecule has 0 saturated heterocycles. The molecule has 0 bridgehead atoms. The molecular formula is C28H31Cl2N3O4S. The van der Waals surface area contributed by atoms with Crippen LogP contribution in [0.1, 0.15) is 31.4 Å². The minimum atomic E-state index is -4.13. The van der Waals surface area contributed by atoms with Crippen LogP contribution in [-0.4, -0.2) is 44.3 Å². The maximum absolute atomic E-state index is 13.9. The van der Waals surface area contributed by atoms with Gasteiger partial charge in [-0.2, -0.15) is 0 Å². The summed E-state index contributed by atoms with van der Waals surface area (Å²) in [5.41, 5.74) is 1.65. The molecule has 0 aromatic heterocycles. The predicted octanol–water partition coefficient (Wildman–Crippen LogP) is 5.44.